The van der Waals surface area contributed by atoms with Gasteiger partial charge in [-0.25, -0.2) is 4.98 Å². The zero-order chi connectivity index (χ0) is 31.6. The van der Waals surface area contributed by atoms with Crippen molar-refractivity contribution in [3.63, 3.8) is 0 Å². The molecule has 2 unspecified atom stereocenters. The van der Waals surface area contributed by atoms with E-state index in [0.717, 1.165) is 27.8 Å². The quantitative estimate of drug-likeness (QED) is 0.197. The van der Waals surface area contributed by atoms with Crippen molar-refractivity contribution < 1.29 is 0 Å². The van der Waals surface area contributed by atoms with Gasteiger partial charge in [0.2, 0.25) is 0 Å². The van der Waals surface area contributed by atoms with Crippen molar-refractivity contribution in [2.75, 3.05) is 4.90 Å². The van der Waals surface area contributed by atoms with E-state index in [-0.39, 0.29) is 12.0 Å². The second kappa shape index (κ2) is 10.7. The Morgan fingerprint density at radius 1 is 0.542 bits per heavy atom. The first-order valence-electron chi connectivity index (χ1n) is 16.6. The van der Waals surface area contributed by atoms with Gasteiger partial charge < -0.3 is 9.47 Å². The van der Waals surface area contributed by atoms with Crippen LogP contribution < -0.4 is 4.90 Å². The molecule has 10 rings (SSSR count). The van der Waals surface area contributed by atoms with Gasteiger partial charge in [0, 0.05) is 44.7 Å². The number of anilines is 2. The van der Waals surface area contributed by atoms with Gasteiger partial charge in [0.05, 0.1) is 28.3 Å². The van der Waals surface area contributed by atoms with E-state index in [4.69, 9.17) is 4.98 Å². The van der Waals surface area contributed by atoms with E-state index in [9.17, 15) is 0 Å². The lowest BCUT2D eigenvalue weighted by Gasteiger charge is -2.30. The highest BCUT2D eigenvalue weighted by atomic mass is 15.2. The van der Waals surface area contributed by atoms with Crippen molar-refractivity contribution >= 4 is 49.7 Å². The Morgan fingerprint density at radius 3 is 2.19 bits per heavy atom. The number of para-hydroxylation sites is 3. The Labute approximate surface area is 279 Å². The third kappa shape index (κ3) is 4.18. The minimum atomic E-state index is 0.185. The van der Waals surface area contributed by atoms with Crippen LogP contribution in [0.15, 0.2) is 176 Å². The lowest BCUT2D eigenvalue weighted by atomic mass is 9.86. The molecule has 0 bridgehead atoms. The summed E-state index contributed by atoms with van der Waals surface area (Å²) in [5.74, 6) is 0.238. The van der Waals surface area contributed by atoms with Crippen LogP contribution in [0.2, 0.25) is 0 Å². The summed E-state index contributed by atoms with van der Waals surface area (Å²) in [7, 11) is 0. The molecule has 6 aromatic carbocycles. The third-order valence-corrected chi connectivity index (χ3v) is 10.1. The molecule has 0 N–H and O–H groups in total. The van der Waals surface area contributed by atoms with Gasteiger partial charge in [-0.2, -0.15) is 0 Å². The number of nitrogens with zero attached hydrogens (tertiary/aromatic N) is 3. The van der Waals surface area contributed by atoms with Gasteiger partial charge in [-0.05, 0) is 71.3 Å². The molecule has 3 heterocycles. The molecule has 1 aliphatic carbocycles. The van der Waals surface area contributed by atoms with Crippen LogP contribution in [0.3, 0.4) is 0 Å². The smallest absolute Gasteiger partial charge is 0.0730 e. The van der Waals surface area contributed by atoms with E-state index in [2.05, 4.69) is 179 Å². The van der Waals surface area contributed by atoms with Crippen molar-refractivity contribution in [2.24, 2.45) is 0 Å². The molecule has 3 heteroatoms. The Bertz CT molecular complexity index is 2580. The summed E-state index contributed by atoms with van der Waals surface area (Å²) in [5, 5.41) is 3.69. The molecule has 0 saturated carbocycles. The van der Waals surface area contributed by atoms with Crippen molar-refractivity contribution in [1.29, 1.82) is 0 Å². The van der Waals surface area contributed by atoms with Crippen LogP contribution in [0.1, 0.15) is 17.0 Å². The highest BCUT2D eigenvalue weighted by molar-refractivity contribution is 6.10. The summed E-state index contributed by atoms with van der Waals surface area (Å²) in [6.45, 7) is 0. The minimum absolute atomic E-state index is 0.185. The molecule has 226 valence electrons. The summed E-state index contributed by atoms with van der Waals surface area (Å²) in [4.78, 5) is 7.60. The van der Waals surface area contributed by atoms with Crippen LogP contribution in [-0.2, 0) is 0 Å². The minimum Gasteiger partial charge on any atom is -0.333 e. The first-order chi connectivity index (χ1) is 23.8. The van der Waals surface area contributed by atoms with Crippen molar-refractivity contribution in [2.45, 2.75) is 12.0 Å². The van der Waals surface area contributed by atoms with E-state index in [1.807, 2.05) is 6.07 Å². The lowest BCUT2D eigenvalue weighted by molar-refractivity contribution is 0.747. The number of pyridine rings is 1. The van der Waals surface area contributed by atoms with Gasteiger partial charge in [-0.3, -0.25) is 0 Å². The molecule has 3 nitrogen and oxygen atoms in total. The van der Waals surface area contributed by atoms with E-state index in [0.29, 0.717) is 0 Å². The van der Waals surface area contributed by atoms with Gasteiger partial charge >= 0.3 is 0 Å². The second-order valence-corrected chi connectivity index (χ2v) is 12.8. The molecular weight excluding hydrogens is 583 g/mol. The lowest BCUT2D eigenvalue weighted by Crippen LogP contribution is -2.28. The Morgan fingerprint density at radius 2 is 1.29 bits per heavy atom. The largest absolute Gasteiger partial charge is 0.333 e. The fourth-order valence-electron chi connectivity index (χ4n) is 7.88. The Hall–Kier alpha value is -6.19. The SMILES string of the molecule is C1=CC2C(C=C1c1ccc3c(c1)c1ccccc1n3-c1ccccc1)c1ccccc1N2c1ccc2ccc(-c3ccccc3)nc2c1. The van der Waals surface area contributed by atoms with Crippen LogP contribution in [0, 0.1) is 0 Å². The first kappa shape index (κ1) is 27.0. The van der Waals surface area contributed by atoms with E-state index >= 15 is 0 Å². The van der Waals surface area contributed by atoms with Crippen LogP contribution in [-0.4, -0.2) is 15.6 Å². The number of hydrogen-bond donors (Lipinski definition) is 0. The predicted octanol–water partition coefficient (Wildman–Crippen LogP) is 11.3. The summed E-state index contributed by atoms with van der Waals surface area (Å²) in [5.41, 5.74) is 13.1. The standard InChI is InChI=1S/C45H31N3/c1-3-11-30(12-4-1)40-24-20-31-19-23-35(29-41(31)46-40)48-43-18-10-8-16-37(43)39-28-33(22-26-45(39)48)32-21-25-44-38(27-32)36-15-7-9-17-42(36)47(44)34-13-5-2-6-14-34/h1-29,39,45H. The molecule has 0 spiro atoms. The molecule has 0 radical (unpaired) electrons. The van der Waals surface area contributed by atoms with E-state index in [1.165, 1.54) is 49.9 Å². The molecule has 2 atom stereocenters. The average Bonchev–Trinajstić information content (AvgIpc) is 3.67. The third-order valence-electron chi connectivity index (χ3n) is 10.1. The molecule has 0 amide bonds. The Balaban J connectivity index is 1.05. The van der Waals surface area contributed by atoms with Gasteiger partial charge in [0.1, 0.15) is 0 Å². The van der Waals surface area contributed by atoms with Crippen LogP contribution in [0.25, 0.3) is 55.2 Å². The van der Waals surface area contributed by atoms with Crippen LogP contribution in [0.4, 0.5) is 11.4 Å². The van der Waals surface area contributed by atoms with Crippen molar-refractivity contribution in [1.82, 2.24) is 9.55 Å². The zero-order valence-corrected chi connectivity index (χ0v) is 26.2. The summed E-state index contributed by atoms with van der Waals surface area (Å²) in [6, 6.07) is 56.8. The highest BCUT2D eigenvalue weighted by Crippen LogP contribution is 2.49. The number of hydrogen-bond acceptors (Lipinski definition) is 2. The zero-order valence-electron chi connectivity index (χ0n) is 26.2. The van der Waals surface area contributed by atoms with Crippen LogP contribution in [0.5, 0.6) is 0 Å². The normalized spacial score (nSPS) is 16.8. The summed E-state index contributed by atoms with van der Waals surface area (Å²) in [6.07, 6.45) is 7.20. The van der Waals surface area contributed by atoms with E-state index in [1.54, 1.807) is 0 Å². The number of aromatic nitrogens is 2. The fraction of sp³-hybridized carbons (Fsp3) is 0.0444. The average molecular weight is 614 g/mol. The monoisotopic (exact) mass is 613 g/mol. The molecule has 2 aromatic heterocycles. The summed E-state index contributed by atoms with van der Waals surface area (Å²) >= 11 is 0. The number of benzene rings is 6. The first-order valence-corrected chi connectivity index (χ1v) is 16.6. The molecular formula is C45H31N3. The number of fused-ring (bicyclic) bond motifs is 7. The van der Waals surface area contributed by atoms with Crippen molar-refractivity contribution in [3.05, 3.63) is 187 Å². The molecule has 2 aliphatic rings. The van der Waals surface area contributed by atoms with Gasteiger partial charge in [-0.1, -0.05) is 121 Å². The van der Waals surface area contributed by atoms with E-state index < -0.39 is 0 Å². The topological polar surface area (TPSA) is 21.1 Å². The second-order valence-electron chi connectivity index (χ2n) is 12.8. The molecule has 1 aliphatic heterocycles. The van der Waals surface area contributed by atoms with Gasteiger partial charge in [0.15, 0.2) is 0 Å². The number of rotatable bonds is 4. The molecule has 48 heavy (non-hydrogen) atoms. The highest BCUT2D eigenvalue weighted by Gasteiger charge is 2.38. The Kier molecular flexibility index (Phi) is 6.00. The fourth-order valence-corrected chi connectivity index (χ4v) is 7.88. The van der Waals surface area contributed by atoms with Gasteiger partial charge in [0.25, 0.3) is 0 Å². The molecule has 0 fully saturated rings. The maximum Gasteiger partial charge on any atom is 0.0730 e. The molecule has 8 aromatic rings. The number of allylic oxidation sites excluding steroid dienone is 2. The van der Waals surface area contributed by atoms with Crippen LogP contribution >= 0.6 is 0 Å². The van der Waals surface area contributed by atoms with Gasteiger partial charge in [-0.15, -0.1) is 0 Å². The maximum absolute atomic E-state index is 5.10. The molecule has 0 saturated heterocycles. The van der Waals surface area contributed by atoms with Crippen molar-refractivity contribution in [3.8, 4) is 16.9 Å². The predicted molar refractivity (Wildman–Crippen MR) is 200 cm³/mol. The maximum atomic E-state index is 5.10. The summed E-state index contributed by atoms with van der Waals surface area (Å²) < 4.78 is 2.38.